The summed E-state index contributed by atoms with van der Waals surface area (Å²) in [6, 6.07) is 3.61. The number of carbonyl (C=O) groups is 1. The summed E-state index contributed by atoms with van der Waals surface area (Å²) in [4.78, 5) is 11.5. The van der Waals surface area contributed by atoms with E-state index in [1.54, 1.807) is 6.07 Å². The zero-order chi connectivity index (χ0) is 11.6. The summed E-state index contributed by atoms with van der Waals surface area (Å²) in [5.41, 5.74) is 2.91. The predicted octanol–water partition coefficient (Wildman–Crippen LogP) is 3.47. The second-order valence-corrected chi connectivity index (χ2v) is 3.85. The third-order valence-electron chi connectivity index (χ3n) is 2.08. The summed E-state index contributed by atoms with van der Waals surface area (Å²) < 4.78 is 4.68. The van der Waals surface area contributed by atoms with Crippen LogP contribution in [0.3, 0.4) is 0 Å². The Balaban J connectivity index is 3.46. The topological polar surface area (TPSA) is 26.3 Å². The minimum Gasteiger partial charge on any atom is -0.465 e. The fourth-order valence-electron chi connectivity index (χ4n) is 1.39. The number of esters is 1. The third-order valence-corrected chi connectivity index (χ3v) is 2.38. The number of ether oxygens (including phenoxy) is 1. The van der Waals surface area contributed by atoms with Gasteiger partial charge in [0.2, 0.25) is 0 Å². The quantitative estimate of drug-likeness (QED) is 0.719. The summed E-state index contributed by atoms with van der Waals surface area (Å²) in [6.45, 7) is 7.57. The molecule has 0 aliphatic heterocycles. The summed E-state index contributed by atoms with van der Waals surface area (Å²) in [7, 11) is 1.33. The fourth-order valence-corrected chi connectivity index (χ4v) is 1.74. The number of methoxy groups -OCH3 is 1. The van der Waals surface area contributed by atoms with E-state index in [1.165, 1.54) is 7.11 Å². The number of hydrogen-bond acceptors (Lipinski definition) is 2. The van der Waals surface area contributed by atoms with Crippen LogP contribution in [0.25, 0.3) is 5.57 Å². The first-order valence-corrected chi connectivity index (χ1v) is 4.89. The largest absolute Gasteiger partial charge is 0.465 e. The third kappa shape index (κ3) is 2.39. The highest BCUT2D eigenvalue weighted by atomic mass is 35.5. The van der Waals surface area contributed by atoms with Crippen molar-refractivity contribution in [3.8, 4) is 0 Å². The van der Waals surface area contributed by atoms with Crippen LogP contribution >= 0.6 is 11.6 Å². The molecular weight excluding hydrogens is 212 g/mol. The maximum absolute atomic E-state index is 11.5. The molecular formula is C12H13ClO2. The van der Waals surface area contributed by atoms with E-state index in [9.17, 15) is 4.79 Å². The average molecular weight is 225 g/mol. The molecule has 3 heteroatoms. The molecule has 0 N–H and O–H groups in total. The van der Waals surface area contributed by atoms with E-state index in [4.69, 9.17) is 11.6 Å². The molecule has 0 heterocycles. The first-order valence-electron chi connectivity index (χ1n) is 4.51. The number of rotatable bonds is 2. The SMILES string of the molecule is C=C(C)c1cc(C)cc(Cl)c1C(=O)OC. The van der Waals surface area contributed by atoms with Gasteiger partial charge in [0.1, 0.15) is 0 Å². The molecule has 0 aliphatic rings. The number of carbonyl (C=O) groups excluding carboxylic acids is 1. The van der Waals surface area contributed by atoms with E-state index >= 15 is 0 Å². The summed E-state index contributed by atoms with van der Waals surface area (Å²) in [5.74, 6) is -0.432. The van der Waals surface area contributed by atoms with Crippen molar-refractivity contribution in [3.63, 3.8) is 0 Å². The van der Waals surface area contributed by atoms with Crippen molar-refractivity contribution in [1.82, 2.24) is 0 Å². The molecule has 0 radical (unpaired) electrons. The number of halogens is 1. The van der Waals surface area contributed by atoms with Crippen molar-refractivity contribution in [1.29, 1.82) is 0 Å². The van der Waals surface area contributed by atoms with E-state index in [0.29, 0.717) is 10.6 Å². The van der Waals surface area contributed by atoms with Crippen LogP contribution in [0, 0.1) is 6.92 Å². The lowest BCUT2D eigenvalue weighted by Gasteiger charge is -2.10. The van der Waals surface area contributed by atoms with Crippen molar-refractivity contribution in [2.24, 2.45) is 0 Å². The molecule has 0 saturated carbocycles. The Morgan fingerprint density at radius 2 is 2.07 bits per heavy atom. The monoisotopic (exact) mass is 224 g/mol. The Morgan fingerprint density at radius 3 is 2.53 bits per heavy atom. The predicted molar refractivity (Wildman–Crippen MR) is 62.2 cm³/mol. The molecule has 80 valence electrons. The van der Waals surface area contributed by atoms with Crippen LogP contribution in [-0.4, -0.2) is 13.1 Å². The lowest BCUT2D eigenvalue weighted by atomic mass is 9.99. The first kappa shape index (κ1) is 11.8. The van der Waals surface area contributed by atoms with Crippen molar-refractivity contribution < 1.29 is 9.53 Å². The Hall–Kier alpha value is -1.28. The summed E-state index contributed by atoms with van der Waals surface area (Å²) in [6.07, 6.45) is 0. The second kappa shape index (κ2) is 4.49. The van der Waals surface area contributed by atoms with Crippen molar-refractivity contribution >= 4 is 23.1 Å². The van der Waals surface area contributed by atoms with Crippen LogP contribution in [0.4, 0.5) is 0 Å². The van der Waals surface area contributed by atoms with Crippen LogP contribution < -0.4 is 0 Å². The normalized spacial score (nSPS) is 9.87. The highest BCUT2D eigenvalue weighted by Gasteiger charge is 2.16. The molecule has 0 aromatic heterocycles. The molecule has 0 bridgehead atoms. The molecule has 1 aromatic rings. The van der Waals surface area contributed by atoms with Gasteiger partial charge in [-0.05, 0) is 31.0 Å². The molecule has 0 saturated heterocycles. The van der Waals surface area contributed by atoms with Gasteiger partial charge in [-0.25, -0.2) is 4.79 Å². The zero-order valence-electron chi connectivity index (χ0n) is 9.06. The molecule has 0 atom stereocenters. The number of aryl methyl sites for hydroxylation is 1. The lowest BCUT2D eigenvalue weighted by Crippen LogP contribution is -2.06. The molecule has 1 aromatic carbocycles. The van der Waals surface area contributed by atoms with Gasteiger partial charge in [-0.3, -0.25) is 0 Å². The molecule has 1 rings (SSSR count). The van der Waals surface area contributed by atoms with E-state index in [-0.39, 0.29) is 0 Å². The van der Waals surface area contributed by atoms with E-state index in [0.717, 1.165) is 16.7 Å². The Bertz CT molecular complexity index is 422. The molecule has 15 heavy (non-hydrogen) atoms. The molecule has 2 nitrogen and oxygen atoms in total. The van der Waals surface area contributed by atoms with Crippen LogP contribution in [0.15, 0.2) is 18.7 Å². The van der Waals surface area contributed by atoms with Gasteiger partial charge in [0.25, 0.3) is 0 Å². The van der Waals surface area contributed by atoms with Gasteiger partial charge in [-0.1, -0.05) is 29.8 Å². The standard InChI is InChI=1S/C12H13ClO2/c1-7(2)9-5-8(3)6-10(13)11(9)12(14)15-4/h5-6H,1H2,2-4H3. The van der Waals surface area contributed by atoms with Crippen LogP contribution in [-0.2, 0) is 4.74 Å². The highest BCUT2D eigenvalue weighted by molar-refractivity contribution is 6.34. The van der Waals surface area contributed by atoms with Gasteiger partial charge in [-0.15, -0.1) is 0 Å². The van der Waals surface area contributed by atoms with Crippen LogP contribution in [0.1, 0.15) is 28.4 Å². The Kier molecular flexibility index (Phi) is 3.53. The van der Waals surface area contributed by atoms with Crippen LogP contribution in [0.5, 0.6) is 0 Å². The molecule has 0 aliphatic carbocycles. The van der Waals surface area contributed by atoms with E-state index in [1.807, 2.05) is 19.9 Å². The van der Waals surface area contributed by atoms with Crippen molar-refractivity contribution in [3.05, 3.63) is 40.4 Å². The van der Waals surface area contributed by atoms with Gasteiger partial charge >= 0.3 is 5.97 Å². The maximum atomic E-state index is 11.5. The molecule has 0 unspecified atom stereocenters. The summed E-state index contributed by atoms with van der Waals surface area (Å²) >= 11 is 6.01. The first-order chi connectivity index (χ1) is 6.97. The number of hydrogen-bond donors (Lipinski definition) is 0. The zero-order valence-corrected chi connectivity index (χ0v) is 9.81. The smallest absolute Gasteiger partial charge is 0.339 e. The minimum absolute atomic E-state index is 0.386. The number of benzene rings is 1. The lowest BCUT2D eigenvalue weighted by molar-refractivity contribution is 0.0600. The molecule has 0 spiro atoms. The minimum atomic E-state index is -0.432. The van der Waals surface area contributed by atoms with E-state index in [2.05, 4.69) is 11.3 Å². The maximum Gasteiger partial charge on any atom is 0.339 e. The van der Waals surface area contributed by atoms with Gasteiger partial charge in [-0.2, -0.15) is 0 Å². The second-order valence-electron chi connectivity index (χ2n) is 3.44. The van der Waals surface area contributed by atoms with Crippen molar-refractivity contribution in [2.75, 3.05) is 7.11 Å². The van der Waals surface area contributed by atoms with Crippen LogP contribution in [0.2, 0.25) is 5.02 Å². The fraction of sp³-hybridized carbons (Fsp3) is 0.250. The molecule has 0 amide bonds. The summed E-state index contributed by atoms with van der Waals surface area (Å²) in [5, 5.41) is 0.403. The van der Waals surface area contributed by atoms with E-state index < -0.39 is 5.97 Å². The highest BCUT2D eigenvalue weighted by Crippen LogP contribution is 2.27. The van der Waals surface area contributed by atoms with Gasteiger partial charge in [0.15, 0.2) is 0 Å². The average Bonchev–Trinajstić information content (AvgIpc) is 2.15. The van der Waals surface area contributed by atoms with Gasteiger partial charge in [0.05, 0.1) is 17.7 Å². The Morgan fingerprint density at radius 1 is 1.47 bits per heavy atom. The van der Waals surface area contributed by atoms with Gasteiger partial charge in [0, 0.05) is 0 Å². The molecule has 0 fully saturated rings. The Labute approximate surface area is 94.5 Å². The number of allylic oxidation sites excluding steroid dienone is 1. The van der Waals surface area contributed by atoms with Crippen molar-refractivity contribution in [2.45, 2.75) is 13.8 Å². The van der Waals surface area contributed by atoms with Gasteiger partial charge < -0.3 is 4.74 Å².